The van der Waals surface area contributed by atoms with Crippen LogP contribution in [0, 0.1) is 11.8 Å². The van der Waals surface area contributed by atoms with Crippen LogP contribution in [0.25, 0.3) is 0 Å². The predicted molar refractivity (Wildman–Crippen MR) is 71.2 cm³/mol. The summed E-state index contributed by atoms with van der Waals surface area (Å²) in [5, 5.41) is 9.85. The quantitative estimate of drug-likeness (QED) is 0.722. The van der Waals surface area contributed by atoms with Gasteiger partial charge in [0.2, 0.25) is 0 Å². The van der Waals surface area contributed by atoms with Crippen molar-refractivity contribution in [2.75, 3.05) is 0 Å². The molecule has 1 aromatic heterocycles. The topological polar surface area (TPSA) is 73.6 Å². The molecule has 5 nitrogen and oxygen atoms in total. The molecule has 3 N–H and O–H groups in total. The molecule has 5 heteroatoms. The van der Waals surface area contributed by atoms with Gasteiger partial charge in [0.15, 0.2) is 0 Å². The minimum Gasteiger partial charge on any atom is -0.307 e. The second-order valence-corrected chi connectivity index (χ2v) is 5.77. The van der Waals surface area contributed by atoms with Gasteiger partial charge in [0.25, 0.3) is 0 Å². The minimum atomic E-state index is -0.227. The van der Waals surface area contributed by atoms with Crippen LogP contribution in [0.2, 0.25) is 0 Å². The number of aromatic nitrogens is 3. The highest BCUT2D eigenvalue weighted by Gasteiger charge is 2.26. The first-order chi connectivity index (χ1) is 8.65. The molecule has 1 saturated carbocycles. The second-order valence-electron chi connectivity index (χ2n) is 5.77. The first kappa shape index (κ1) is 13.3. The van der Waals surface area contributed by atoms with E-state index >= 15 is 0 Å². The van der Waals surface area contributed by atoms with Gasteiger partial charge in [-0.05, 0) is 31.1 Å². The van der Waals surface area contributed by atoms with Gasteiger partial charge in [-0.2, -0.15) is 5.10 Å². The number of nitrogens with zero attached hydrogens (tertiary/aromatic N) is 1. The summed E-state index contributed by atoms with van der Waals surface area (Å²) in [6.45, 7) is 5.22. The van der Waals surface area contributed by atoms with E-state index in [0.29, 0.717) is 18.4 Å². The molecule has 0 amide bonds. The van der Waals surface area contributed by atoms with Gasteiger partial charge in [-0.1, -0.05) is 26.7 Å². The van der Waals surface area contributed by atoms with E-state index in [4.69, 9.17) is 0 Å². The number of hydrogen-bond acceptors (Lipinski definition) is 3. The zero-order chi connectivity index (χ0) is 13.0. The maximum atomic E-state index is 10.9. The predicted octanol–water partition coefficient (Wildman–Crippen LogP) is 1.79. The Kier molecular flexibility index (Phi) is 4.58. The van der Waals surface area contributed by atoms with Crippen molar-refractivity contribution in [2.24, 2.45) is 11.8 Å². The van der Waals surface area contributed by atoms with Gasteiger partial charge in [0.1, 0.15) is 5.82 Å². The van der Waals surface area contributed by atoms with Crippen LogP contribution in [0.1, 0.15) is 51.8 Å². The average Bonchev–Trinajstić information content (AvgIpc) is 2.92. The number of nitrogens with one attached hydrogen (secondary N) is 3. The highest BCUT2D eigenvalue weighted by Crippen LogP contribution is 2.30. The van der Waals surface area contributed by atoms with Crippen LogP contribution in [0.3, 0.4) is 0 Å². The van der Waals surface area contributed by atoms with Crippen molar-refractivity contribution in [2.45, 2.75) is 58.5 Å². The molecule has 0 bridgehead atoms. The molecule has 0 unspecified atom stereocenters. The molecule has 0 saturated heterocycles. The van der Waals surface area contributed by atoms with Gasteiger partial charge in [-0.15, -0.1) is 0 Å². The number of rotatable bonds is 6. The van der Waals surface area contributed by atoms with E-state index in [2.05, 4.69) is 34.3 Å². The normalized spacial score (nSPS) is 23.9. The van der Waals surface area contributed by atoms with Gasteiger partial charge in [0, 0.05) is 6.04 Å². The SMILES string of the molecule is CC(C)CC[C@H]1CCC[C@H]1NCc1n[nH]c(=O)[nH]1. The highest BCUT2D eigenvalue weighted by molar-refractivity contribution is 4.87. The van der Waals surface area contributed by atoms with E-state index in [1.807, 2.05) is 0 Å². The summed E-state index contributed by atoms with van der Waals surface area (Å²) >= 11 is 0. The zero-order valence-electron chi connectivity index (χ0n) is 11.3. The van der Waals surface area contributed by atoms with Crippen molar-refractivity contribution < 1.29 is 0 Å². The lowest BCUT2D eigenvalue weighted by Crippen LogP contribution is -2.32. The molecule has 18 heavy (non-hydrogen) atoms. The summed E-state index contributed by atoms with van der Waals surface area (Å²) in [6, 6.07) is 0.587. The molecule has 1 aliphatic carbocycles. The standard InChI is InChI=1S/C13H24N4O/c1-9(2)6-7-10-4-3-5-11(10)14-8-12-15-13(18)17-16-12/h9-11,14H,3-8H2,1-2H3,(H2,15,16,17,18)/t10-,11-/m1/s1. The summed E-state index contributed by atoms with van der Waals surface area (Å²) in [5.74, 6) is 2.28. The van der Waals surface area contributed by atoms with Crippen LogP contribution in [-0.4, -0.2) is 21.2 Å². The second kappa shape index (κ2) is 6.18. The summed E-state index contributed by atoms with van der Waals surface area (Å²) < 4.78 is 0. The maximum Gasteiger partial charge on any atom is 0.340 e. The van der Waals surface area contributed by atoms with Crippen LogP contribution < -0.4 is 11.0 Å². The molecule has 1 aromatic rings. The Hall–Kier alpha value is -1.10. The molecular formula is C13H24N4O. The monoisotopic (exact) mass is 252 g/mol. The molecule has 102 valence electrons. The van der Waals surface area contributed by atoms with E-state index in [-0.39, 0.29) is 5.69 Å². The zero-order valence-corrected chi connectivity index (χ0v) is 11.3. The Labute approximate surface area is 108 Å². The number of hydrogen-bond donors (Lipinski definition) is 3. The average molecular weight is 252 g/mol. The molecule has 1 heterocycles. The van der Waals surface area contributed by atoms with Crippen LogP contribution in [-0.2, 0) is 6.54 Å². The summed E-state index contributed by atoms with van der Waals surface area (Å²) in [6.07, 6.45) is 6.52. The Morgan fingerprint density at radius 3 is 2.94 bits per heavy atom. The van der Waals surface area contributed by atoms with E-state index in [1.54, 1.807) is 0 Å². The van der Waals surface area contributed by atoms with Gasteiger partial charge in [0.05, 0.1) is 6.54 Å². The smallest absolute Gasteiger partial charge is 0.307 e. The Morgan fingerprint density at radius 1 is 1.44 bits per heavy atom. The molecule has 0 spiro atoms. The van der Waals surface area contributed by atoms with Crippen molar-refractivity contribution in [1.82, 2.24) is 20.5 Å². The first-order valence-electron chi connectivity index (χ1n) is 7.02. The Morgan fingerprint density at radius 2 is 2.28 bits per heavy atom. The van der Waals surface area contributed by atoms with Crippen LogP contribution in [0.5, 0.6) is 0 Å². The van der Waals surface area contributed by atoms with Crippen LogP contribution >= 0.6 is 0 Å². The van der Waals surface area contributed by atoms with Gasteiger partial charge < -0.3 is 5.32 Å². The third-order valence-corrected chi connectivity index (χ3v) is 3.86. The Bertz CT molecular complexity index is 409. The molecule has 2 rings (SSSR count). The van der Waals surface area contributed by atoms with Crippen molar-refractivity contribution in [3.05, 3.63) is 16.3 Å². The number of H-pyrrole nitrogens is 2. The molecule has 1 fully saturated rings. The van der Waals surface area contributed by atoms with Crippen molar-refractivity contribution in [3.63, 3.8) is 0 Å². The number of aromatic amines is 2. The lowest BCUT2D eigenvalue weighted by atomic mass is 9.94. The molecule has 2 atom stereocenters. The lowest BCUT2D eigenvalue weighted by molar-refractivity contribution is 0.348. The molecule has 0 aromatic carbocycles. The summed E-state index contributed by atoms with van der Waals surface area (Å²) in [7, 11) is 0. The molecule has 0 radical (unpaired) electrons. The van der Waals surface area contributed by atoms with Crippen molar-refractivity contribution in [1.29, 1.82) is 0 Å². The van der Waals surface area contributed by atoms with Gasteiger partial charge in [-0.3, -0.25) is 4.98 Å². The van der Waals surface area contributed by atoms with E-state index in [9.17, 15) is 4.79 Å². The third-order valence-electron chi connectivity index (χ3n) is 3.86. The fraction of sp³-hybridized carbons (Fsp3) is 0.846. The van der Waals surface area contributed by atoms with Crippen LogP contribution in [0.4, 0.5) is 0 Å². The van der Waals surface area contributed by atoms with E-state index < -0.39 is 0 Å². The van der Waals surface area contributed by atoms with Gasteiger partial charge in [-0.25, -0.2) is 9.89 Å². The maximum absolute atomic E-state index is 10.9. The summed E-state index contributed by atoms with van der Waals surface area (Å²) in [5.41, 5.74) is -0.227. The van der Waals surface area contributed by atoms with Crippen LogP contribution in [0.15, 0.2) is 4.79 Å². The largest absolute Gasteiger partial charge is 0.340 e. The van der Waals surface area contributed by atoms with Gasteiger partial charge >= 0.3 is 5.69 Å². The molecule has 0 aliphatic heterocycles. The fourth-order valence-electron chi connectivity index (χ4n) is 2.82. The summed E-state index contributed by atoms with van der Waals surface area (Å²) in [4.78, 5) is 13.6. The van der Waals surface area contributed by atoms with Crippen molar-refractivity contribution in [3.8, 4) is 0 Å². The molecular weight excluding hydrogens is 228 g/mol. The minimum absolute atomic E-state index is 0.227. The van der Waals surface area contributed by atoms with E-state index in [1.165, 1.54) is 32.1 Å². The molecule has 1 aliphatic rings. The lowest BCUT2D eigenvalue weighted by Gasteiger charge is -2.21. The van der Waals surface area contributed by atoms with Crippen molar-refractivity contribution >= 4 is 0 Å². The first-order valence-corrected chi connectivity index (χ1v) is 7.02. The van der Waals surface area contributed by atoms with E-state index in [0.717, 1.165) is 11.8 Å². The fourth-order valence-corrected chi connectivity index (χ4v) is 2.82. The highest BCUT2D eigenvalue weighted by atomic mass is 16.1. The third kappa shape index (κ3) is 3.70. The Balaban J connectivity index is 1.78.